The second-order valence-corrected chi connectivity index (χ2v) is 1.42. The lowest BCUT2D eigenvalue weighted by Crippen LogP contribution is -1.81. The molecule has 8 heavy (non-hydrogen) atoms. The second-order valence-electron chi connectivity index (χ2n) is 1.42. The summed E-state index contributed by atoms with van der Waals surface area (Å²) in [7, 11) is 0. The Balaban J connectivity index is 2.79. The summed E-state index contributed by atoms with van der Waals surface area (Å²) in [5, 5.41) is 3.66. The van der Waals surface area contributed by atoms with Crippen molar-refractivity contribution in [3.63, 3.8) is 0 Å². The van der Waals surface area contributed by atoms with Crippen molar-refractivity contribution in [3.8, 4) is 6.07 Å². The normalized spacial score (nSPS) is 15.9. The summed E-state index contributed by atoms with van der Waals surface area (Å²) < 4.78 is 0. The SMILES string of the molecule is CC1=N[N+]#CCC=N1. The van der Waals surface area contributed by atoms with Gasteiger partial charge in [-0.3, -0.25) is 0 Å². The standard InChI is InChI=1S/C5H6N3/c1-5-6-3-2-4-7-8-5/h3H,2H2,1H3/q+1. The zero-order chi connectivity index (χ0) is 5.82. The van der Waals surface area contributed by atoms with Crippen LogP contribution in [0.15, 0.2) is 10.1 Å². The van der Waals surface area contributed by atoms with Crippen molar-refractivity contribution < 1.29 is 0 Å². The maximum absolute atomic E-state index is 3.89. The molecule has 0 radical (unpaired) electrons. The van der Waals surface area contributed by atoms with Crippen LogP contribution in [0, 0.1) is 6.07 Å². The van der Waals surface area contributed by atoms with E-state index in [1.165, 1.54) is 0 Å². The molecule has 0 saturated carbocycles. The van der Waals surface area contributed by atoms with E-state index in [2.05, 4.69) is 21.1 Å². The van der Waals surface area contributed by atoms with Gasteiger partial charge in [-0.2, -0.15) is 0 Å². The van der Waals surface area contributed by atoms with Gasteiger partial charge in [0.2, 0.25) is 5.84 Å². The van der Waals surface area contributed by atoms with Crippen molar-refractivity contribution >= 4 is 12.1 Å². The van der Waals surface area contributed by atoms with E-state index in [9.17, 15) is 0 Å². The van der Waals surface area contributed by atoms with Gasteiger partial charge in [0.25, 0.3) is 0 Å². The Morgan fingerprint density at radius 1 is 1.88 bits per heavy atom. The lowest BCUT2D eigenvalue weighted by molar-refractivity contribution is 1.48. The highest BCUT2D eigenvalue weighted by Crippen LogP contribution is 1.86. The summed E-state index contributed by atoms with van der Waals surface area (Å²) in [5.41, 5.74) is 0. The highest BCUT2D eigenvalue weighted by Gasteiger charge is 1.93. The first-order chi connectivity index (χ1) is 3.89. The van der Waals surface area contributed by atoms with E-state index >= 15 is 0 Å². The van der Waals surface area contributed by atoms with Gasteiger partial charge in [0.05, 0.1) is 0 Å². The molecule has 0 aliphatic carbocycles. The first kappa shape index (κ1) is 4.98. The molecular formula is C5H6N3+. The predicted octanol–water partition coefficient (Wildman–Crippen LogP) is 1.13. The maximum atomic E-state index is 3.89. The minimum Gasteiger partial charge on any atom is -0.238 e. The molecule has 3 heteroatoms. The average Bonchev–Trinajstić information content (AvgIpc) is 1.94. The Morgan fingerprint density at radius 3 is 3.62 bits per heavy atom. The van der Waals surface area contributed by atoms with Crippen LogP contribution in [0.1, 0.15) is 13.3 Å². The Kier molecular flexibility index (Phi) is 1.38. The highest BCUT2D eigenvalue weighted by molar-refractivity contribution is 5.88. The molecular weight excluding hydrogens is 102 g/mol. The van der Waals surface area contributed by atoms with Gasteiger partial charge in [0, 0.05) is 13.1 Å². The van der Waals surface area contributed by atoms with Crippen LogP contribution >= 0.6 is 0 Å². The minimum atomic E-state index is 0.668. The molecule has 0 saturated heterocycles. The molecule has 0 atom stereocenters. The van der Waals surface area contributed by atoms with Gasteiger partial charge in [-0.05, 0) is 0 Å². The van der Waals surface area contributed by atoms with Crippen LogP contribution in [0.5, 0.6) is 0 Å². The van der Waals surface area contributed by atoms with Gasteiger partial charge in [-0.15, -0.1) is 0 Å². The summed E-state index contributed by atoms with van der Waals surface area (Å²) in [6, 6.07) is 2.67. The summed E-state index contributed by atoms with van der Waals surface area (Å²) in [6.45, 7) is 1.80. The van der Waals surface area contributed by atoms with E-state index in [1.807, 2.05) is 0 Å². The van der Waals surface area contributed by atoms with Crippen LogP contribution < -0.4 is 0 Å². The third kappa shape index (κ3) is 1.16. The van der Waals surface area contributed by atoms with Crippen LogP contribution in [-0.2, 0) is 0 Å². The van der Waals surface area contributed by atoms with Crippen molar-refractivity contribution in [1.29, 1.82) is 0 Å². The first-order valence-corrected chi connectivity index (χ1v) is 2.39. The van der Waals surface area contributed by atoms with E-state index in [1.54, 1.807) is 13.1 Å². The van der Waals surface area contributed by atoms with Crippen molar-refractivity contribution in [2.45, 2.75) is 13.3 Å². The van der Waals surface area contributed by atoms with E-state index < -0.39 is 0 Å². The zero-order valence-corrected chi connectivity index (χ0v) is 4.63. The number of hydrogen-bond donors (Lipinski definition) is 0. The summed E-state index contributed by atoms with van der Waals surface area (Å²) in [5.74, 6) is 0.690. The molecule has 0 aromatic heterocycles. The van der Waals surface area contributed by atoms with Gasteiger partial charge in [-0.1, -0.05) is 0 Å². The lowest BCUT2D eigenvalue weighted by Gasteiger charge is -1.71. The van der Waals surface area contributed by atoms with Gasteiger partial charge in [-0.25, -0.2) is 4.99 Å². The largest absolute Gasteiger partial charge is 0.328 e. The van der Waals surface area contributed by atoms with Crippen LogP contribution in [0.3, 0.4) is 0 Å². The molecule has 0 unspecified atom stereocenters. The molecule has 0 aromatic rings. The van der Waals surface area contributed by atoms with Crippen LogP contribution in [0.2, 0.25) is 0 Å². The second kappa shape index (κ2) is 2.22. The number of amidine groups is 1. The molecule has 3 nitrogen and oxygen atoms in total. The Bertz CT molecular complexity index is 191. The van der Waals surface area contributed by atoms with Gasteiger partial charge < -0.3 is 0 Å². The smallest absolute Gasteiger partial charge is 0.238 e. The fourth-order valence-corrected chi connectivity index (χ4v) is 0.393. The summed E-state index contributed by atoms with van der Waals surface area (Å²) in [4.78, 5) is 7.46. The Morgan fingerprint density at radius 2 is 2.75 bits per heavy atom. The van der Waals surface area contributed by atoms with E-state index in [0.717, 1.165) is 0 Å². The van der Waals surface area contributed by atoms with Gasteiger partial charge in [0.1, 0.15) is 16.5 Å². The molecule has 1 aliphatic heterocycles. The third-order valence-corrected chi connectivity index (χ3v) is 0.726. The van der Waals surface area contributed by atoms with Crippen molar-refractivity contribution in [1.82, 2.24) is 0 Å². The molecule has 0 spiro atoms. The minimum absolute atomic E-state index is 0.668. The molecule has 0 amide bonds. The average molecular weight is 108 g/mol. The lowest BCUT2D eigenvalue weighted by atomic mass is 10.5. The van der Waals surface area contributed by atoms with Crippen LogP contribution in [0.4, 0.5) is 0 Å². The van der Waals surface area contributed by atoms with E-state index in [-0.39, 0.29) is 0 Å². The Hall–Kier alpha value is -1.17. The third-order valence-electron chi connectivity index (χ3n) is 0.726. The molecule has 1 heterocycles. The van der Waals surface area contributed by atoms with Crippen molar-refractivity contribution in [2.75, 3.05) is 0 Å². The molecule has 0 N–H and O–H groups in total. The van der Waals surface area contributed by atoms with E-state index in [4.69, 9.17) is 0 Å². The quantitative estimate of drug-likeness (QED) is 0.445. The summed E-state index contributed by atoms with van der Waals surface area (Å²) in [6.07, 6.45) is 2.40. The number of hydrogen-bond acceptors (Lipinski definition) is 2. The van der Waals surface area contributed by atoms with Crippen LogP contribution in [0.25, 0.3) is 4.95 Å². The monoisotopic (exact) mass is 108 g/mol. The summed E-state index contributed by atoms with van der Waals surface area (Å²) >= 11 is 0. The van der Waals surface area contributed by atoms with Gasteiger partial charge >= 0.3 is 6.07 Å². The molecule has 0 bridgehead atoms. The molecule has 1 aliphatic rings. The highest BCUT2D eigenvalue weighted by atomic mass is 15.2. The number of rotatable bonds is 0. The molecule has 0 aromatic carbocycles. The number of nitrogens with zero attached hydrogens (tertiary/aromatic N) is 3. The van der Waals surface area contributed by atoms with E-state index in [0.29, 0.717) is 12.3 Å². The molecule has 40 valence electrons. The first-order valence-electron chi connectivity index (χ1n) is 2.39. The number of aliphatic imine (C=N–C) groups is 1. The topological polar surface area (TPSA) is 29.1 Å². The predicted molar refractivity (Wildman–Crippen MR) is 33.5 cm³/mol. The zero-order valence-electron chi connectivity index (χ0n) is 4.63. The fraction of sp³-hybridized carbons (Fsp3) is 0.400. The Labute approximate surface area is 47.6 Å². The van der Waals surface area contributed by atoms with Crippen molar-refractivity contribution in [3.05, 3.63) is 4.95 Å². The maximum Gasteiger partial charge on any atom is 0.328 e. The molecule has 0 fully saturated rings. The van der Waals surface area contributed by atoms with Crippen molar-refractivity contribution in [2.24, 2.45) is 10.1 Å². The molecule has 1 rings (SSSR count). The van der Waals surface area contributed by atoms with Crippen LogP contribution in [-0.4, -0.2) is 12.1 Å². The fourth-order valence-electron chi connectivity index (χ4n) is 0.393. The van der Waals surface area contributed by atoms with Gasteiger partial charge in [0.15, 0.2) is 0 Å².